The lowest BCUT2D eigenvalue weighted by molar-refractivity contribution is 0.104. The molecule has 1 aliphatic rings. The van der Waals surface area contributed by atoms with Gasteiger partial charge in [-0.25, -0.2) is 0 Å². The number of halogens is 6. The second-order valence-electron chi connectivity index (χ2n) is 11.2. The van der Waals surface area contributed by atoms with Crippen LogP contribution in [0.15, 0.2) is 158 Å². The Morgan fingerprint density at radius 2 is 1.12 bits per heavy atom. The van der Waals surface area contributed by atoms with Crippen molar-refractivity contribution < 1.29 is 45.3 Å². The normalized spacial score (nSPS) is 12.7. The maximum Gasteiger partial charge on any atom is 0.344 e. The standard InChI is InChI=1S/C41H26F6O4/c1-49-29-17-10-25(11-18-29)6-2-5-9-36(48)26-12-23-33-32-7-3-4-8-34(32)41(35(33)24-26,27-13-19-30(20-14-27)50-39(46)37(42)43)28-15-21-31(22-16-28)51-40(47)38(44)45/h2-24H,1H3. The first-order valence-corrected chi connectivity index (χ1v) is 15.4. The van der Waals surface area contributed by atoms with Crippen molar-refractivity contribution in [1.29, 1.82) is 0 Å². The fourth-order valence-corrected chi connectivity index (χ4v) is 6.17. The van der Waals surface area contributed by atoms with Gasteiger partial charge in [0, 0.05) is 5.56 Å². The molecule has 0 saturated carbocycles. The summed E-state index contributed by atoms with van der Waals surface area (Å²) in [6.45, 7) is 0. The molecule has 0 amide bonds. The molecular weight excluding hydrogens is 670 g/mol. The van der Waals surface area contributed by atoms with E-state index in [-0.39, 0.29) is 17.3 Å². The average Bonchev–Trinajstić information content (AvgIpc) is 3.44. The minimum absolute atomic E-state index is 0.193. The first-order chi connectivity index (χ1) is 24.6. The molecule has 0 aliphatic heterocycles. The largest absolute Gasteiger partial charge is 0.497 e. The molecule has 0 saturated heterocycles. The molecule has 10 heteroatoms. The van der Waals surface area contributed by atoms with E-state index < -0.39 is 29.6 Å². The molecule has 0 radical (unpaired) electrons. The van der Waals surface area contributed by atoms with Crippen LogP contribution in [-0.4, -0.2) is 12.9 Å². The van der Waals surface area contributed by atoms with Gasteiger partial charge in [0.2, 0.25) is 0 Å². The summed E-state index contributed by atoms with van der Waals surface area (Å²) in [7, 11) is 1.58. The summed E-state index contributed by atoms with van der Waals surface area (Å²) < 4.78 is 92.9. The number of hydrogen-bond acceptors (Lipinski definition) is 4. The molecule has 5 aromatic carbocycles. The van der Waals surface area contributed by atoms with E-state index >= 15 is 0 Å². The van der Waals surface area contributed by atoms with Crippen molar-refractivity contribution in [2.45, 2.75) is 5.41 Å². The number of hydrogen-bond donors (Lipinski definition) is 0. The highest BCUT2D eigenvalue weighted by atomic mass is 19.3. The van der Waals surface area contributed by atoms with Gasteiger partial charge in [-0.05, 0) is 87.5 Å². The number of allylic oxidation sites excluding steroid dienone is 3. The van der Waals surface area contributed by atoms with Gasteiger partial charge in [0.25, 0.3) is 0 Å². The van der Waals surface area contributed by atoms with E-state index in [9.17, 15) is 31.1 Å². The Bertz CT molecular complexity index is 2130. The third kappa shape index (κ3) is 6.94. The monoisotopic (exact) mass is 696 g/mol. The molecule has 6 rings (SSSR count). The van der Waals surface area contributed by atoms with Crippen molar-refractivity contribution in [1.82, 2.24) is 0 Å². The Morgan fingerprint density at radius 3 is 1.67 bits per heavy atom. The molecule has 0 heterocycles. The Kier molecular flexibility index (Phi) is 9.95. The number of carbonyl (C=O) groups is 1. The van der Waals surface area contributed by atoms with Gasteiger partial charge in [0.1, 0.15) is 17.2 Å². The van der Waals surface area contributed by atoms with Crippen LogP contribution in [0.5, 0.6) is 17.2 Å². The summed E-state index contributed by atoms with van der Waals surface area (Å²) in [4.78, 5) is 13.5. The number of fused-ring (bicyclic) bond motifs is 3. The first-order valence-electron chi connectivity index (χ1n) is 15.4. The highest BCUT2D eigenvalue weighted by molar-refractivity contribution is 6.06. The average molecular weight is 697 g/mol. The van der Waals surface area contributed by atoms with Gasteiger partial charge in [-0.1, -0.05) is 91.0 Å². The third-order valence-corrected chi connectivity index (χ3v) is 8.38. The number of ketones is 1. The summed E-state index contributed by atoms with van der Waals surface area (Å²) in [5, 5.41) is 0. The number of benzene rings is 5. The van der Waals surface area contributed by atoms with Gasteiger partial charge in [0.15, 0.2) is 5.78 Å². The Morgan fingerprint density at radius 1 is 0.588 bits per heavy atom. The molecule has 0 unspecified atom stereocenters. The number of methoxy groups -OCH3 is 1. The number of ether oxygens (including phenoxy) is 3. The summed E-state index contributed by atoms with van der Waals surface area (Å²) >= 11 is 0. The van der Waals surface area contributed by atoms with E-state index in [4.69, 9.17) is 4.74 Å². The highest BCUT2D eigenvalue weighted by Crippen LogP contribution is 2.56. The maximum atomic E-state index is 13.6. The van der Waals surface area contributed by atoms with Crippen LogP contribution in [-0.2, 0) is 5.41 Å². The number of carbonyl (C=O) groups excluding carboxylic acids is 1. The van der Waals surface area contributed by atoms with Gasteiger partial charge >= 0.3 is 24.2 Å². The fourth-order valence-electron chi connectivity index (χ4n) is 6.17. The van der Waals surface area contributed by atoms with Crippen LogP contribution in [0.2, 0.25) is 0 Å². The zero-order chi connectivity index (χ0) is 36.1. The van der Waals surface area contributed by atoms with Crippen molar-refractivity contribution in [3.05, 3.63) is 191 Å². The third-order valence-electron chi connectivity index (χ3n) is 8.38. The van der Waals surface area contributed by atoms with Gasteiger partial charge in [-0.2, -0.15) is 26.3 Å². The summed E-state index contributed by atoms with van der Waals surface area (Å²) in [6.07, 6.45) is 1.40. The molecule has 0 bridgehead atoms. The Hall–Kier alpha value is -6.29. The second-order valence-corrected chi connectivity index (χ2v) is 11.2. The van der Waals surface area contributed by atoms with Crippen molar-refractivity contribution in [2.24, 2.45) is 0 Å². The van der Waals surface area contributed by atoms with Crippen LogP contribution in [0.1, 0.15) is 38.2 Å². The van der Waals surface area contributed by atoms with E-state index in [1.807, 2.05) is 60.7 Å². The lowest BCUT2D eigenvalue weighted by atomic mass is 9.67. The van der Waals surface area contributed by atoms with E-state index in [0.717, 1.165) is 28.0 Å². The van der Waals surface area contributed by atoms with E-state index in [1.165, 1.54) is 30.3 Å². The lowest BCUT2D eigenvalue weighted by Gasteiger charge is -2.34. The van der Waals surface area contributed by atoms with E-state index in [0.29, 0.717) is 22.3 Å². The minimum atomic E-state index is -2.61. The van der Waals surface area contributed by atoms with Crippen molar-refractivity contribution in [3.8, 4) is 28.4 Å². The van der Waals surface area contributed by atoms with Crippen molar-refractivity contribution >= 4 is 11.9 Å². The SMILES string of the molecule is COc1ccc(C=CC=CC(=O)c2ccc3c(c2)C(c2ccc(OC(F)=C(F)F)cc2)(c2ccc(OC(F)=C(F)F)cc2)c2ccccc2-3)cc1. The summed E-state index contributed by atoms with van der Waals surface area (Å²) in [5.74, 6) is 0.0433. The van der Waals surface area contributed by atoms with Gasteiger partial charge in [-0.15, -0.1) is 0 Å². The Labute approximate surface area is 288 Å². The molecule has 5 aromatic rings. The molecule has 0 fully saturated rings. The lowest BCUT2D eigenvalue weighted by Crippen LogP contribution is -2.28. The van der Waals surface area contributed by atoms with Crippen LogP contribution in [0.4, 0.5) is 26.3 Å². The van der Waals surface area contributed by atoms with Crippen molar-refractivity contribution in [3.63, 3.8) is 0 Å². The molecule has 0 aromatic heterocycles. The predicted molar refractivity (Wildman–Crippen MR) is 181 cm³/mol. The molecule has 256 valence electrons. The summed E-state index contributed by atoms with van der Waals surface area (Å²) in [5.41, 5.74) is 4.27. The topological polar surface area (TPSA) is 44.8 Å². The number of rotatable bonds is 11. The first kappa shape index (κ1) is 34.6. The van der Waals surface area contributed by atoms with Gasteiger partial charge < -0.3 is 14.2 Å². The zero-order valence-electron chi connectivity index (χ0n) is 26.7. The van der Waals surface area contributed by atoms with Gasteiger partial charge in [0.05, 0.1) is 12.5 Å². The zero-order valence-corrected chi connectivity index (χ0v) is 26.7. The maximum absolute atomic E-state index is 13.6. The van der Waals surface area contributed by atoms with E-state index in [1.54, 1.807) is 55.7 Å². The Balaban J connectivity index is 1.46. The van der Waals surface area contributed by atoms with Crippen molar-refractivity contribution in [2.75, 3.05) is 7.11 Å². The van der Waals surface area contributed by atoms with Crippen LogP contribution < -0.4 is 14.2 Å². The summed E-state index contributed by atoms with van der Waals surface area (Å²) in [6, 6.07) is 27.7. The molecule has 0 N–H and O–H groups in total. The molecule has 1 aliphatic carbocycles. The van der Waals surface area contributed by atoms with Gasteiger partial charge in [-0.3, -0.25) is 4.79 Å². The highest BCUT2D eigenvalue weighted by Gasteiger charge is 2.46. The van der Waals surface area contributed by atoms with Crippen LogP contribution >= 0.6 is 0 Å². The van der Waals surface area contributed by atoms with Crippen LogP contribution in [0, 0.1) is 0 Å². The molecule has 51 heavy (non-hydrogen) atoms. The van der Waals surface area contributed by atoms with E-state index in [2.05, 4.69) is 9.47 Å². The smallest absolute Gasteiger partial charge is 0.344 e. The predicted octanol–water partition coefficient (Wildman–Crippen LogP) is 11.3. The van der Waals surface area contributed by atoms with Crippen LogP contribution in [0.3, 0.4) is 0 Å². The molecule has 0 atom stereocenters. The molecule has 4 nitrogen and oxygen atoms in total. The minimum Gasteiger partial charge on any atom is -0.497 e. The molecule has 0 spiro atoms. The second kappa shape index (κ2) is 14.7. The molecular formula is C41H26F6O4. The van der Waals surface area contributed by atoms with Crippen LogP contribution in [0.25, 0.3) is 17.2 Å². The fraction of sp³-hybridized carbons (Fsp3) is 0.0488. The quantitative estimate of drug-likeness (QED) is 0.0445.